The zero-order valence-corrected chi connectivity index (χ0v) is 14.3. The van der Waals surface area contributed by atoms with Crippen molar-refractivity contribution in [3.8, 4) is 24.2 Å². The summed E-state index contributed by atoms with van der Waals surface area (Å²) in [5.74, 6) is 9.20. The molecule has 0 atom stereocenters. The molecule has 0 N–H and O–H groups in total. The lowest BCUT2D eigenvalue weighted by molar-refractivity contribution is 0.796. The van der Waals surface area contributed by atoms with Gasteiger partial charge in [0.05, 0.1) is 9.75 Å². The van der Waals surface area contributed by atoms with Gasteiger partial charge in [0.1, 0.15) is 0 Å². The van der Waals surface area contributed by atoms with Gasteiger partial charge < -0.3 is 0 Å². The van der Waals surface area contributed by atoms with E-state index in [0.717, 1.165) is 21.7 Å². The van der Waals surface area contributed by atoms with Crippen LogP contribution in [0.5, 0.6) is 0 Å². The van der Waals surface area contributed by atoms with Gasteiger partial charge >= 0.3 is 0 Å². The van der Waals surface area contributed by atoms with Crippen molar-refractivity contribution < 1.29 is 0 Å². The molecular weight excluding hydrogens is 375 g/mol. The van der Waals surface area contributed by atoms with E-state index in [9.17, 15) is 0 Å². The number of thiophene rings is 1. The highest BCUT2D eigenvalue weighted by Gasteiger charge is 2.05. The molecule has 1 heterocycles. The molecule has 2 aromatic rings. The van der Waals surface area contributed by atoms with E-state index < -0.39 is 0 Å². The van der Waals surface area contributed by atoms with Gasteiger partial charge in [-0.05, 0) is 71.3 Å². The van der Waals surface area contributed by atoms with Crippen LogP contribution in [0.1, 0.15) is 40.6 Å². The van der Waals surface area contributed by atoms with Crippen LogP contribution < -0.4 is 0 Å². The van der Waals surface area contributed by atoms with E-state index in [0.29, 0.717) is 0 Å². The quantitative estimate of drug-likeness (QED) is 0.507. The Balaban J connectivity index is 2.20. The molecule has 1 aromatic carbocycles. The molecule has 0 aliphatic rings. The molecule has 0 radical (unpaired) electrons. The molecule has 2 rings (SSSR count). The second kappa shape index (κ2) is 7.53. The van der Waals surface area contributed by atoms with Crippen LogP contribution in [0.4, 0.5) is 0 Å². The Hall–Kier alpha value is -1.23. The molecule has 0 saturated heterocycles. The first kappa shape index (κ1) is 15.2. The van der Waals surface area contributed by atoms with E-state index in [1.54, 1.807) is 11.3 Å². The van der Waals surface area contributed by atoms with E-state index in [1.807, 2.05) is 12.1 Å². The number of hydrogen-bond donors (Lipinski definition) is 0. The summed E-state index contributed by atoms with van der Waals surface area (Å²) in [5.41, 5.74) is 2.31. The molecule has 0 bridgehead atoms. The van der Waals surface area contributed by atoms with Crippen molar-refractivity contribution in [1.29, 1.82) is 0 Å². The highest BCUT2D eigenvalue weighted by atomic mass is 127. The molecule has 2 heteroatoms. The summed E-state index contributed by atoms with van der Waals surface area (Å²) in [5, 5.41) is 0. The first-order valence-electron chi connectivity index (χ1n) is 6.60. The second-order valence-electron chi connectivity index (χ2n) is 4.47. The summed E-state index contributed by atoms with van der Waals surface area (Å²) >= 11 is 3.91. The Morgan fingerprint density at radius 2 is 1.95 bits per heavy atom. The second-order valence-corrected chi connectivity index (χ2v) is 6.77. The predicted octanol–water partition coefficient (Wildman–Crippen LogP) is 5.08. The molecule has 100 valence electrons. The fourth-order valence-electron chi connectivity index (χ4n) is 1.83. The van der Waals surface area contributed by atoms with E-state index in [-0.39, 0.29) is 0 Å². The number of rotatable bonds is 3. The van der Waals surface area contributed by atoms with Gasteiger partial charge in [0.2, 0.25) is 0 Å². The normalized spacial score (nSPS) is 9.65. The predicted molar refractivity (Wildman–Crippen MR) is 96.0 cm³/mol. The number of aryl methyl sites for hydroxylation is 1. The van der Waals surface area contributed by atoms with Crippen molar-refractivity contribution in [2.45, 2.75) is 26.2 Å². The number of terminal acetylenes is 1. The van der Waals surface area contributed by atoms with Gasteiger partial charge in [-0.25, -0.2) is 0 Å². The van der Waals surface area contributed by atoms with Crippen LogP contribution in [-0.2, 0) is 6.42 Å². The van der Waals surface area contributed by atoms with Crippen molar-refractivity contribution in [2.24, 2.45) is 0 Å². The molecular formula is C18H15IS. The summed E-state index contributed by atoms with van der Waals surface area (Å²) < 4.78 is 1.22. The molecule has 0 fully saturated rings. The lowest BCUT2D eigenvalue weighted by Crippen LogP contribution is -1.83. The van der Waals surface area contributed by atoms with Gasteiger partial charge in [0, 0.05) is 9.13 Å². The Morgan fingerprint density at radius 1 is 1.20 bits per heavy atom. The lowest BCUT2D eigenvalue weighted by atomic mass is 10.1. The Labute approximate surface area is 138 Å². The summed E-state index contributed by atoms with van der Waals surface area (Å²) in [6.07, 6.45) is 8.98. The van der Waals surface area contributed by atoms with Crippen LogP contribution in [-0.4, -0.2) is 0 Å². The van der Waals surface area contributed by atoms with E-state index in [2.05, 4.69) is 65.5 Å². The Kier molecular flexibility index (Phi) is 5.71. The third kappa shape index (κ3) is 4.13. The van der Waals surface area contributed by atoms with Gasteiger partial charge in [-0.15, -0.1) is 17.8 Å². The topological polar surface area (TPSA) is 0 Å². The first-order chi connectivity index (χ1) is 9.72. The van der Waals surface area contributed by atoms with Gasteiger partial charge in [-0.3, -0.25) is 0 Å². The molecule has 0 unspecified atom stereocenters. The summed E-state index contributed by atoms with van der Waals surface area (Å²) in [6.45, 7) is 2.19. The maximum absolute atomic E-state index is 5.57. The van der Waals surface area contributed by atoms with Gasteiger partial charge in [0.15, 0.2) is 0 Å². The van der Waals surface area contributed by atoms with Crippen molar-refractivity contribution in [3.63, 3.8) is 0 Å². The third-order valence-corrected chi connectivity index (χ3v) is 4.66. The fourth-order valence-corrected chi connectivity index (χ4v) is 3.07. The smallest absolute Gasteiger partial charge is 0.0811 e. The van der Waals surface area contributed by atoms with E-state index in [4.69, 9.17) is 6.42 Å². The van der Waals surface area contributed by atoms with Crippen molar-refractivity contribution in [1.82, 2.24) is 0 Å². The average molecular weight is 390 g/mol. The van der Waals surface area contributed by atoms with Gasteiger partial charge in [-0.2, -0.15) is 0 Å². The molecule has 0 nitrogen and oxygen atoms in total. The highest BCUT2D eigenvalue weighted by molar-refractivity contribution is 14.1. The molecule has 1 aromatic heterocycles. The minimum absolute atomic E-state index is 1.03. The number of unbranched alkanes of at least 4 members (excludes halogenated alkanes) is 1. The van der Waals surface area contributed by atoms with Crippen molar-refractivity contribution in [3.05, 3.63) is 54.8 Å². The van der Waals surface area contributed by atoms with Crippen molar-refractivity contribution in [2.75, 3.05) is 0 Å². The number of benzene rings is 1. The van der Waals surface area contributed by atoms with Gasteiger partial charge in [0.25, 0.3) is 0 Å². The third-order valence-electron chi connectivity index (χ3n) is 2.91. The summed E-state index contributed by atoms with van der Waals surface area (Å²) in [6, 6.07) is 10.4. The molecule has 0 amide bonds. The highest BCUT2D eigenvalue weighted by Crippen LogP contribution is 2.22. The fraction of sp³-hybridized carbons (Fsp3) is 0.222. The largest absolute Gasteiger partial charge is 0.118 e. The molecule has 20 heavy (non-hydrogen) atoms. The summed E-state index contributed by atoms with van der Waals surface area (Å²) in [7, 11) is 0. The van der Waals surface area contributed by atoms with E-state index in [1.165, 1.54) is 22.0 Å². The zero-order valence-electron chi connectivity index (χ0n) is 11.4. The summed E-state index contributed by atoms with van der Waals surface area (Å²) in [4.78, 5) is 2.09. The molecule has 0 aliphatic carbocycles. The molecule has 0 saturated carbocycles. The van der Waals surface area contributed by atoms with Crippen LogP contribution in [0.25, 0.3) is 0 Å². The van der Waals surface area contributed by atoms with Crippen molar-refractivity contribution >= 4 is 33.9 Å². The maximum atomic E-state index is 5.57. The molecule has 0 spiro atoms. The first-order valence-corrected chi connectivity index (χ1v) is 8.49. The Morgan fingerprint density at radius 3 is 2.60 bits per heavy atom. The Bertz CT molecular complexity index is 675. The van der Waals surface area contributed by atoms with Crippen LogP contribution in [0.15, 0.2) is 30.3 Å². The van der Waals surface area contributed by atoms with Crippen LogP contribution >= 0.6 is 33.9 Å². The van der Waals surface area contributed by atoms with Crippen LogP contribution in [0, 0.1) is 27.8 Å². The van der Waals surface area contributed by atoms with E-state index >= 15 is 0 Å². The minimum atomic E-state index is 1.03. The maximum Gasteiger partial charge on any atom is 0.0811 e. The minimum Gasteiger partial charge on any atom is -0.118 e. The standard InChI is InChI=1S/C18H15IS/c1-3-5-6-15-13-17(20-18(15)4-2)12-9-14-7-10-16(19)11-8-14/h2,7-8,10-11,13H,3,5-6H2,1H3. The van der Waals surface area contributed by atoms with Gasteiger partial charge in [-0.1, -0.05) is 31.1 Å². The van der Waals surface area contributed by atoms with Crippen LogP contribution in [0.2, 0.25) is 0 Å². The molecule has 0 aliphatic heterocycles. The average Bonchev–Trinajstić information content (AvgIpc) is 2.87. The monoisotopic (exact) mass is 390 g/mol. The zero-order chi connectivity index (χ0) is 14.4. The number of halogens is 1. The van der Waals surface area contributed by atoms with Crippen LogP contribution in [0.3, 0.4) is 0 Å². The number of hydrogen-bond acceptors (Lipinski definition) is 1. The SMILES string of the molecule is C#Cc1sc(C#Cc2ccc(I)cc2)cc1CCCC. The lowest BCUT2D eigenvalue weighted by Gasteiger charge is -1.94.